The zero-order valence-electron chi connectivity index (χ0n) is 59.7. The predicted octanol–water partition coefficient (Wildman–Crippen LogP) is 5.06. The van der Waals surface area contributed by atoms with Crippen molar-refractivity contribution in [3.8, 4) is 0 Å². The molecule has 0 aromatic carbocycles. The maximum absolute atomic E-state index is 13.8. The van der Waals surface area contributed by atoms with Crippen LogP contribution < -0.4 is 5.73 Å². The Balaban J connectivity index is 1.51. The fraction of sp³-hybridized carbons (Fsp3) is 0.881. The van der Waals surface area contributed by atoms with E-state index in [-0.39, 0.29) is 13.0 Å². The molecule has 0 aromatic rings. The van der Waals surface area contributed by atoms with E-state index in [1.165, 1.54) is 11.8 Å². The minimum absolute atomic E-state index is 0.220. The summed E-state index contributed by atoms with van der Waals surface area (Å²) >= 11 is 1.45. The second-order valence-electron chi connectivity index (χ2n) is 25.4. The van der Waals surface area contributed by atoms with E-state index in [0.29, 0.717) is 18.1 Å². The summed E-state index contributed by atoms with van der Waals surface area (Å²) in [4.78, 5) is 112. The van der Waals surface area contributed by atoms with Crippen molar-refractivity contribution >= 4 is 53.5 Å². The average Bonchev–Trinajstić information content (AvgIpc) is 0.766. The number of thioether (sulfide) groups is 1. The Morgan fingerprint density at radius 1 is 0.321 bits per heavy atom. The Morgan fingerprint density at radius 2 is 0.585 bits per heavy atom. The van der Waals surface area contributed by atoms with Crippen molar-refractivity contribution in [2.45, 2.75) is 242 Å². The van der Waals surface area contributed by atoms with Gasteiger partial charge < -0.3 is 100 Å². The second-order valence-corrected chi connectivity index (χ2v) is 26.6. The molecule has 0 amide bonds. The van der Waals surface area contributed by atoms with Gasteiger partial charge >= 0.3 is 41.8 Å². The fourth-order valence-electron chi connectivity index (χ4n) is 13.5. The van der Waals surface area contributed by atoms with Crippen LogP contribution in [0.4, 0.5) is 0 Å². The van der Waals surface area contributed by atoms with Gasteiger partial charge in [-0.25, -0.2) is 0 Å². The Hall–Kier alpha value is -8.06. The third kappa shape index (κ3) is 22.5. The molecule has 586 valence electrons. The van der Waals surface area contributed by atoms with E-state index < -0.39 is 265 Å². The van der Waals surface area contributed by atoms with E-state index in [4.69, 9.17) is 100 Å². The van der Waals surface area contributed by atoms with Crippen molar-refractivity contribution in [2.75, 3.05) is 63.9 Å². The highest BCUT2D eigenvalue weighted by Crippen LogP contribution is 2.45. The fourth-order valence-corrected chi connectivity index (χ4v) is 14.1. The summed E-state index contributed by atoms with van der Waals surface area (Å²) in [6, 6.07) is 0. The number of nitrogens with two attached hydrogens (primary N) is 1. The first-order valence-electron chi connectivity index (χ1n) is 33.7. The summed E-state index contributed by atoms with van der Waals surface area (Å²) in [5, 5.41) is 22.7. The Bertz CT molecular complexity index is 3350. The Morgan fingerprint density at radius 3 is 0.934 bits per heavy atom. The van der Waals surface area contributed by atoms with Gasteiger partial charge in [0.15, 0.2) is 74.4 Å². The number of hydrogen-bond acceptors (Lipinski definition) is 35. The van der Waals surface area contributed by atoms with Crippen molar-refractivity contribution in [2.24, 2.45) is 60.1 Å². The molecule has 106 heavy (non-hydrogen) atoms. The zero-order valence-corrected chi connectivity index (χ0v) is 60.5. The number of rotatable bonds is 26. The van der Waals surface area contributed by atoms with Crippen LogP contribution in [0.5, 0.6) is 0 Å². The normalized spacial score (nSPS) is 37.7. The van der Waals surface area contributed by atoms with Gasteiger partial charge in [0, 0.05) is 115 Å². The molecule has 22 heterocycles. The molecular weight excluding hydrogens is 1440 g/mol. The third-order valence-electron chi connectivity index (χ3n) is 18.0. The maximum atomic E-state index is 13.8. The van der Waals surface area contributed by atoms with Crippen LogP contribution in [-0.4, -0.2) is 266 Å². The maximum Gasteiger partial charge on any atom is 0.303 e. The van der Waals surface area contributed by atoms with E-state index in [9.17, 15) is 66.7 Å². The number of hydrogen-bond donors (Lipinski definition) is 1. The molecule has 22 saturated heterocycles. The molecule has 0 unspecified atom stereocenters. The lowest BCUT2D eigenvalue weighted by Gasteiger charge is -2.53. The largest absolute Gasteiger partial charge is 0.459 e. The van der Waals surface area contributed by atoms with Crippen molar-refractivity contribution in [3.63, 3.8) is 0 Å². The van der Waals surface area contributed by atoms with Gasteiger partial charge in [-0.15, -0.1) is 0 Å². The van der Waals surface area contributed by atoms with E-state index in [1.807, 2.05) is 0 Å². The molecule has 22 aliphatic rings. The molecule has 30 atom stereocenters. The first-order chi connectivity index (χ1) is 50.7. The molecule has 0 aromatic heterocycles. The van der Waals surface area contributed by atoms with Crippen molar-refractivity contribution in [1.82, 2.24) is 0 Å². The topological polar surface area (TPSA) is 623 Å². The number of carbonyl (C=O) groups is 7. The Labute approximate surface area is 609 Å². The first kappa shape index (κ1) is 85.2. The molecule has 22 fully saturated rings. The summed E-state index contributed by atoms with van der Waals surface area (Å²) in [5.74, 6) is -9.75. The summed E-state index contributed by atoms with van der Waals surface area (Å²) in [5.41, 5.74) is 65.0. The molecular formula is C59H87N19O27S. The summed E-state index contributed by atoms with van der Waals surface area (Å²) < 4.78 is 129. The zero-order chi connectivity index (χ0) is 77.5. The van der Waals surface area contributed by atoms with E-state index >= 15 is 0 Å². The molecule has 47 heteroatoms. The monoisotopic (exact) mass is 1530 g/mol. The quantitative estimate of drug-likeness (QED) is 0.0295. The predicted molar refractivity (Wildman–Crippen MR) is 352 cm³/mol. The molecule has 22 rings (SSSR count). The molecule has 0 spiro atoms. The van der Waals surface area contributed by atoms with Crippen molar-refractivity contribution in [3.05, 3.63) is 62.7 Å². The second kappa shape index (κ2) is 41.3. The van der Waals surface area contributed by atoms with Crippen molar-refractivity contribution < 1.29 is 128 Å². The van der Waals surface area contributed by atoms with Gasteiger partial charge in [0.05, 0.1) is 88.1 Å². The van der Waals surface area contributed by atoms with Gasteiger partial charge in [-0.3, -0.25) is 33.6 Å². The van der Waals surface area contributed by atoms with Gasteiger partial charge in [0.1, 0.15) is 36.6 Å². The lowest BCUT2D eigenvalue weighted by Crippen LogP contribution is -2.69. The van der Waals surface area contributed by atoms with Crippen LogP contribution in [0.3, 0.4) is 0 Å². The summed E-state index contributed by atoms with van der Waals surface area (Å²) in [6.45, 7) is 9.90. The number of carbonyl (C=O) groups excluding carboxylic acids is 7. The number of ether oxygens (including phenoxy) is 20. The Kier molecular flexibility index (Phi) is 33.2. The third-order valence-corrected chi connectivity index (χ3v) is 19.1. The van der Waals surface area contributed by atoms with Gasteiger partial charge in [-0.1, -0.05) is 58.4 Å². The average molecular weight is 1530 g/mol. The highest BCUT2D eigenvalue weighted by molar-refractivity contribution is 7.99. The van der Waals surface area contributed by atoms with Crippen LogP contribution in [0.15, 0.2) is 30.7 Å². The van der Waals surface area contributed by atoms with Crippen LogP contribution in [0.1, 0.15) is 82.6 Å². The highest BCUT2D eigenvalue weighted by atomic mass is 32.2. The van der Waals surface area contributed by atoms with E-state index in [2.05, 4.69) is 60.2 Å². The number of azide groups is 6. The van der Waals surface area contributed by atoms with Gasteiger partial charge in [-0.05, 0) is 51.3 Å². The number of nitrogens with zero attached hydrogens (tertiary/aromatic N) is 18. The van der Waals surface area contributed by atoms with Crippen LogP contribution >= 0.6 is 11.8 Å². The summed E-state index contributed by atoms with van der Waals surface area (Å²) in [6.07, 6.45) is -44.0. The van der Waals surface area contributed by atoms with Crippen LogP contribution in [-0.2, 0) is 128 Å². The van der Waals surface area contributed by atoms with Crippen LogP contribution in [0.25, 0.3) is 62.7 Å². The number of esters is 7. The minimum Gasteiger partial charge on any atom is -0.459 e. The molecule has 46 nitrogen and oxygen atoms in total. The van der Waals surface area contributed by atoms with Gasteiger partial charge in [-0.2, -0.15) is 11.8 Å². The molecule has 0 saturated carbocycles. The van der Waals surface area contributed by atoms with Crippen LogP contribution in [0, 0.1) is 23.7 Å². The van der Waals surface area contributed by atoms with Gasteiger partial charge in [0.2, 0.25) is 0 Å². The lowest BCUT2D eigenvalue weighted by molar-refractivity contribution is -0.394. The molecule has 0 radical (unpaired) electrons. The molecule has 2 N–H and O–H groups in total. The van der Waals surface area contributed by atoms with Crippen molar-refractivity contribution in [1.29, 1.82) is 0 Å². The molecule has 0 aliphatic carbocycles. The first-order valence-corrected chi connectivity index (χ1v) is 34.9. The van der Waals surface area contributed by atoms with E-state index in [0.717, 1.165) is 48.5 Å². The summed E-state index contributed by atoms with van der Waals surface area (Å²) in [7, 11) is 0. The SMILES string of the molecule is CC(=O)O[C@@H]1[C@@H](OC(C)=O)[C@H]2O[C@H]3[C@H](OC(C)=O)[C@@H](OCCCSCCN)[C@@H](O[C@H]4[C@H](OC(C)=O)[C@@H](OC(C)=O)[C@@H](O[C@H]5[C@H](OC(C)=O)[C@@H](C)[C@@H](O[C@H]6[C@H](C)[C@@H](C)[C@@H](O[C@H]7[C@H](C)[C@@H](OC(C)=O)[C@@H](O[C@@H]1[C@@H](CN=[N+]=[N-])O2)O[C@@H]7CN=[N+]=[N-])O[C@@H]6CN=[N+]=[N-])O[C@@H]5CN=[N+]=[N-])O[C@@H]4CN=[N+]=[N-])O[C@@H]3CN=[N+]=[N-]. The standard InChI is InChI=1S/C59H87N19O27S/c1-23-24(2)54-94-34(17-67-73-61)40(23)100-55-26(4)42(87-27(5)79)44(36(95-55)19-69-75-63)102-58-52(92-32(10)84)50(91-31(9)83)47(39(98-58)22-72-78-66)104-57-51(86-14-12-15-106-16-13-60)48(89-29(7)81)45(37(97-57)20-70-76-64)105-59-53(93-33(11)85)49(90-30(8)82)46(38(99-59)21-71-77-65)103-56-43(88-28(6)80)25(3)41(101-54)35(96-56)18-68-74-62/h23-26,34-59H,12-22,60H2,1-11H3/t23-,24-,25+,26-,34-,35-,36-,37-,38-,39-,40+,41+,42-,43-,44-,45-,46-,47-,48+,49+,50+,51-,52-,53-,54-,55-,56-,57-,58-,59-/m1/s1. The lowest BCUT2D eigenvalue weighted by atomic mass is 9.83. The minimum atomic E-state index is -2.10. The van der Waals surface area contributed by atoms with E-state index in [1.54, 1.807) is 27.7 Å². The van der Waals surface area contributed by atoms with Gasteiger partial charge in [0.25, 0.3) is 0 Å². The molecule has 22 aliphatic heterocycles. The van der Waals surface area contributed by atoms with Crippen LogP contribution in [0.2, 0.25) is 0 Å². The molecule has 12 bridgehead atoms. The highest BCUT2D eigenvalue weighted by Gasteiger charge is 2.62. The smallest absolute Gasteiger partial charge is 0.303 e.